The Kier molecular flexibility index (Phi) is 4.67. The summed E-state index contributed by atoms with van der Waals surface area (Å²) >= 11 is 0. The number of aromatic nitrogens is 2. The predicted octanol–water partition coefficient (Wildman–Crippen LogP) is 5.25. The van der Waals surface area contributed by atoms with Crippen LogP contribution in [0.25, 0.3) is 11.0 Å². The molecule has 0 saturated heterocycles. The van der Waals surface area contributed by atoms with Crippen LogP contribution in [0.5, 0.6) is 0 Å². The summed E-state index contributed by atoms with van der Waals surface area (Å²) in [4.78, 5) is 4.84. The molecule has 0 fully saturated rings. The van der Waals surface area contributed by atoms with E-state index >= 15 is 0 Å². The van der Waals surface area contributed by atoms with Crippen molar-refractivity contribution in [3.8, 4) is 0 Å². The molecule has 0 unspecified atom stereocenters. The summed E-state index contributed by atoms with van der Waals surface area (Å²) in [5.41, 5.74) is 6.06. The van der Waals surface area contributed by atoms with Crippen LogP contribution in [0, 0.1) is 27.7 Å². The van der Waals surface area contributed by atoms with Crippen LogP contribution in [0.3, 0.4) is 0 Å². The number of anilines is 2. The van der Waals surface area contributed by atoms with Gasteiger partial charge in [-0.05, 0) is 68.7 Å². The first-order valence-electron chi connectivity index (χ1n) is 9.42. The van der Waals surface area contributed by atoms with Crippen molar-refractivity contribution in [2.24, 2.45) is 0 Å². The van der Waals surface area contributed by atoms with E-state index in [0.29, 0.717) is 11.0 Å². The van der Waals surface area contributed by atoms with Crippen molar-refractivity contribution in [1.29, 1.82) is 0 Å². The molecule has 148 valence electrons. The largest absolute Gasteiger partial charge is 0.324 e. The molecule has 1 heterocycles. The number of para-hydroxylation sites is 1. The first-order chi connectivity index (χ1) is 13.8. The fraction of sp³-hybridized carbons (Fsp3) is 0.174. The van der Waals surface area contributed by atoms with Crippen LogP contribution in [-0.4, -0.2) is 17.4 Å². The van der Waals surface area contributed by atoms with Gasteiger partial charge in [0.15, 0.2) is 0 Å². The van der Waals surface area contributed by atoms with E-state index in [2.05, 4.69) is 10.3 Å². The lowest BCUT2D eigenvalue weighted by Gasteiger charge is -2.15. The molecular formula is C23H23N3O2S. The van der Waals surface area contributed by atoms with Crippen LogP contribution in [-0.2, 0) is 10.0 Å². The predicted molar refractivity (Wildman–Crippen MR) is 117 cm³/mol. The summed E-state index contributed by atoms with van der Waals surface area (Å²) in [6.07, 6.45) is 0. The van der Waals surface area contributed by atoms with E-state index in [-0.39, 0.29) is 10.8 Å². The Labute approximate surface area is 171 Å². The Bertz CT molecular complexity index is 1300. The molecule has 0 aliphatic heterocycles. The number of hydrogen-bond acceptors (Lipinski definition) is 4. The van der Waals surface area contributed by atoms with E-state index in [1.165, 1.54) is 3.97 Å². The Morgan fingerprint density at radius 3 is 2.10 bits per heavy atom. The minimum atomic E-state index is -3.84. The monoisotopic (exact) mass is 405 g/mol. The van der Waals surface area contributed by atoms with Gasteiger partial charge in [0.25, 0.3) is 10.0 Å². The molecule has 0 aliphatic rings. The van der Waals surface area contributed by atoms with Crippen LogP contribution in [0.2, 0.25) is 0 Å². The minimum absolute atomic E-state index is 0.230. The fourth-order valence-corrected chi connectivity index (χ4v) is 4.84. The molecule has 6 heteroatoms. The molecule has 1 N–H and O–H groups in total. The molecule has 3 aromatic carbocycles. The van der Waals surface area contributed by atoms with Crippen molar-refractivity contribution in [2.75, 3.05) is 5.32 Å². The smallest absolute Gasteiger partial charge is 0.271 e. The zero-order valence-corrected chi connectivity index (χ0v) is 17.7. The highest BCUT2D eigenvalue weighted by molar-refractivity contribution is 7.90. The molecule has 0 radical (unpaired) electrons. The number of nitrogens with one attached hydrogen (secondary N) is 1. The summed E-state index contributed by atoms with van der Waals surface area (Å²) in [5, 5.41) is 3.28. The van der Waals surface area contributed by atoms with Gasteiger partial charge in [-0.1, -0.05) is 42.0 Å². The zero-order valence-electron chi connectivity index (χ0n) is 16.9. The van der Waals surface area contributed by atoms with Gasteiger partial charge in [0.1, 0.15) is 0 Å². The van der Waals surface area contributed by atoms with E-state index in [0.717, 1.165) is 27.9 Å². The third-order valence-electron chi connectivity index (χ3n) is 5.05. The Morgan fingerprint density at radius 2 is 1.45 bits per heavy atom. The lowest BCUT2D eigenvalue weighted by Crippen LogP contribution is -2.16. The lowest BCUT2D eigenvalue weighted by atomic mass is 10.1. The second-order valence-corrected chi connectivity index (χ2v) is 9.19. The second kappa shape index (κ2) is 7.04. The normalized spacial score (nSPS) is 11.7. The maximum Gasteiger partial charge on any atom is 0.271 e. The molecule has 29 heavy (non-hydrogen) atoms. The van der Waals surface area contributed by atoms with E-state index in [1.807, 2.05) is 64.1 Å². The number of benzene rings is 3. The summed E-state index contributed by atoms with van der Waals surface area (Å²) < 4.78 is 28.5. The number of aryl methyl sites for hydroxylation is 4. The average molecular weight is 406 g/mol. The first-order valence-corrected chi connectivity index (χ1v) is 10.9. The molecular weight excluding hydrogens is 382 g/mol. The van der Waals surface area contributed by atoms with Crippen molar-refractivity contribution in [1.82, 2.24) is 8.96 Å². The van der Waals surface area contributed by atoms with Crippen LogP contribution in [0.4, 0.5) is 11.6 Å². The van der Waals surface area contributed by atoms with E-state index < -0.39 is 10.0 Å². The van der Waals surface area contributed by atoms with Crippen LogP contribution < -0.4 is 5.32 Å². The van der Waals surface area contributed by atoms with Crippen LogP contribution in [0.1, 0.15) is 22.3 Å². The number of nitrogens with zero attached hydrogens (tertiary/aromatic N) is 2. The van der Waals surface area contributed by atoms with Gasteiger partial charge in [0.05, 0.1) is 15.9 Å². The molecule has 0 bridgehead atoms. The van der Waals surface area contributed by atoms with E-state index in [1.54, 1.807) is 24.3 Å². The topological polar surface area (TPSA) is 64.0 Å². The fourth-order valence-electron chi connectivity index (χ4n) is 3.43. The van der Waals surface area contributed by atoms with Gasteiger partial charge < -0.3 is 5.32 Å². The first kappa shape index (κ1) is 19.2. The molecule has 4 aromatic rings. The molecule has 0 amide bonds. The van der Waals surface area contributed by atoms with Gasteiger partial charge in [0.2, 0.25) is 5.95 Å². The highest BCUT2D eigenvalue weighted by Crippen LogP contribution is 2.31. The third kappa shape index (κ3) is 3.40. The summed E-state index contributed by atoms with van der Waals surface area (Å²) in [5.74, 6) is 0.281. The van der Waals surface area contributed by atoms with Gasteiger partial charge in [-0.25, -0.2) is 17.4 Å². The molecule has 5 nitrogen and oxygen atoms in total. The standard InChI is InChI=1S/C23H23N3O2S/c1-15-8-11-19(12-9-15)29(27,28)26-21-14-16(2)10-13-20(21)24-23(26)25-22-17(3)6-5-7-18(22)4/h5-14H,1-4H3,(H,24,25). The number of imidazole rings is 1. The molecule has 4 rings (SSSR count). The number of rotatable bonds is 4. The lowest BCUT2D eigenvalue weighted by molar-refractivity contribution is 0.589. The quantitative estimate of drug-likeness (QED) is 0.504. The van der Waals surface area contributed by atoms with Gasteiger partial charge in [0, 0.05) is 5.69 Å². The Balaban J connectivity index is 1.97. The molecule has 0 atom stereocenters. The Hall–Kier alpha value is -3.12. The summed E-state index contributed by atoms with van der Waals surface area (Å²) in [7, 11) is -3.84. The second-order valence-electron chi connectivity index (χ2n) is 7.40. The SMILES string of the molecule is Cc1ccc(S(=O)(=O)n2c(Nc3c(C)cccc3C)nc3ccc(C)cc32)cc1. The maximum atomic E-state index is 13.6. The van der Waals surface area contributed by atoms with Gasteiger partial charge in [-0.2, -0.15) is 0 Å². The maximum absolute atomic E-state index is 13.6. The van der Waals surface area contributed by atoms with Crippen molar-refractivity contribution in [3.05, 3.63) is 82.9 Å². The zero-order chi connectivity index (χ0) is 20.8. The van der Waals surface area contributed by atoms with E-state index in [9.17, 15) is 8.42 Å². The van der Waals surface area contributed by atoms with Gasteiger partial charge >= 0.3 is 0 Å². The van der Waals surface area contributed by atoms with Gasteiger partial charge in [-0.3, -0.25) is 0 Å². The highest BCUT2D eigenvalue weighted by Gasteiger charge is 2.25. The number of fused-ring (bicyclic) bond motifs is 1. The number of hydrogen-bond donors (Lipinski definition) is 1. The van der Waals surface area contributed by atoms with Crippen molar-refractivity contribution < 1.29 is 8.42 Å². The Morgan fingerprint density at radius 1 is 0.828 bits per heavy atom. The van der Waals surface area contributed by atoms with E-state index in [4.69, 9.17) is 0 Å². The van der Waals surface area contributed by atoms with Crippen molar-refractivity contribution in [2.45, 2.75) is 32.6 Å². The summed E-state index contributed by atoms with van der Waals surface area (Å²) in [6.45, 7) is 7.84. The third-order valence-corrected chi connectivity index (χ3v) is 6.76. The van der Waals surface area contributed by atoms with Crippen LogP contribution in [0.15, 0.2) is 65.6 Å². The molecule has 0 saturated carbocycles. The van der Waals surface area contributed by atoms with Crippen molar-refractivity contribution >= 4 is 32.7 Å². The average Bonchev–Trinajstić information content (AvgIpc) is 3.03. The minimum Gasteiger partial charge on any atom is -0.324 e. The summed E-state index contributed by atoms with van der Waals surface area (Å²) in [6, 6.07) is 18.5. The van der Waals surface area contributed by atoms with Crippen LogP contribution >= 0.6 is 0 Å². The van der Waals surface area contributed by atoms with Crippen molar-refractivity contribution in [3.63, 3.8) is 0 Å². The van der Waals surface area contributed by atoms with Gasteiger partial charge in [-0.15, -0.1) is 0 Å². The molecule has 1 aromatic heterocycles. The molecule has 0 aliphatic carbocycles. The molecule has 0 spiro atoms. The highest BCUT2D eigenvalue weighted by atomic mass is 32.2.